The Hall–Kier alpha value is -2.88. The van der Waals surface area contributed by atoms with E-state index in [9.17, 15) is 27.6 Å². The highest BCUT2D eigenvalue weighted by Crippen LogP contribution is 2.31. The second-order valence-electron chi connectivity index (χ2n) is 9.27. The quantitative estimate of drug-likeness (QED) is 0.545. The molecule has 0 aliphatic carbocycles. The number of rotatable bonds is 3. The van der Waals surface area contributed by atoms with Gasteiger partial charge in [0, 0.05) is 18.0 Å². The Morgan fingerprint density at radius 1 is 1.12 bits per heavy atom. The highest BCUT2D eigenvalue weighted by molar-refractivity contribution is 7.18. The van der Waals surface area contributed by atoms with Crippen molar-refractivity contribution in [1.82, 2.24) is 14.0 Å². The summed E-state index contributed by atoms with van der Waals surface area (Å²) >= 11 is 1.23. The van der Waals surface area contributed by atoms with Gasteiger partial charge in [0.05, 0.1) is 16.6 Å². The molecule has 6 nitrogen and oxygen atoms in total. The molecule has 1 saturated heterocycles. The minimum atomic E-state index is -4.63. The lowest BCUT2D eigenvalue weighted by Crippen LogP contribution is -2.46. The summed E-state index contributed by atoms with van der Waals surface area (Å²) in [7, 11) is 0. The molecule has 4 rings (SSSR count). The maximum atomic E-state index is 13.5. The molecule has 3 heterocycles. The highest BCUT2D eigenvalue weighted by Gasteiger charge is 2.31. The van der Waals surface area contributed by atoms with Gasteiger partial charge in [-0.05, 0) is 55.9 Å². The van der Waals surface area contributed by atoms with Gasteiger partial charge in [0.2, 0.25) is 5.91 Å². The topological polar surface area (TPSA) is 64.3 Å². The van der Waals surface area contributed by atoms with E-state index in [4.69, 9.17) is 0 Å². The predicted octanol–water partition coefficient (Wildman–Crippen LogP) is 4.35. The third kappa shape index (κ3) is 4.31. The lowest BCUT2D eigenvalue weighted by atomic mass is 9.92. The van der Waals surface area contributed by atoms with Gasteiger partial charge in [-0.25, -0.2) is 9.36 Å². The van der Waals surface area contributed by atoms with E-state index in [1.165, 1.54) is 22.0 Å². The third-order valence-electron chi connectivity index (χ3n) is 6.40. The van der Waals surface area contributed by atoms with Crippen molar-refractivity contribution in [2.24, 2.45) is 11.8 Å². The van der Waals surface area contributed by atoms with Crippen LogP contribution in [0.3, 0.4) is 0 Å². The van der Waals surface area contributed by atoms with Crippen LogP contribution in [0.1, 0.15) is 36.3 Å². The second-order valence-corrected chi connectivity index (χ2v) is 10.5. The van der Waals surface area contributed by atoms with Crippen LogP contribution in [0.25, 0.3) is 15.9 Å². The summed E-state index contributed by atoms with van der Waals surface area (Å²) < 4.78 is 41.9. The number of hydrogen-bond donors (Lipinski definition) is 0. The molecule has 0 spiro atoms. The Kier molecular flexibility index (Phi) is 6.22. The van der Waals surface area contributed by atoms with E-state index < -0.39 is 23.0 Å². The molecule has 1 aromatic carbocycles. The SMILES string of the molecule is Cc1sc2c(c1C)c(=O)n(-c1cccc(C(F)(F)F)c1)c(=O)n2CC(=O)N1CC(C)CC(C)C1. The van der Waals surface area contributed by atoms with Crippen LogP contribution >= 0.6 is 11.3 Å². The van der Waals surface area contributed by atoms with E-state index >= 15 is 0 Å². The van der Waals surface area contributed by atoms with E-state index in [0.29, 0.717) is 35.3 Å². The van der Waals surface area contributed by atoms with Crippen LogP contribution in [-0.4, -0.2) is 33.0 Å². The van der Waals surface area contributed by atoms with E-state index in [2.05, 4.69) is 13.8 Å². The molecule has 0 radical (unpaired) electrons. The number of alkyl halides is 3. The smallest absolute Gasteiger partial charge is 0.341 e. The van der Waals surface area contributed by atoms with Gasteiger partial charge < -0.3 is 4.90 Å². The molecule has 182 valence electrons. The summed E-state index contributed by atoms with van der Waals surface area (Å²) in [5.41, 5.74) is -2.02. The molecular formula is C24H26F3N3O3S. The van der Waals surface area contributed by atoms with E-state index in [-0.39, 0.29) is 23.5 Å². The largest absolute Gasteiger partial charge is 0.416 e. The molecular weight excluding hydrogens is 467 g/mol. The Labute approximate surface area is 198 Å². The fourth-order valence-corrected chi connectivity index (χ4v) is 5.89. The van der Waals surface area contributed by atoms with Crippen LogP contribution in [0.15, 0.2) is 33.9 Å². The minimum Gasteiger partial charge on any atom is -0.341 e. The fourth-order valence-electron chi connectivity index (χ4n) is 4.75. The van der Waals surface area contributed by atoms with Crippen molar-refractivity contribution in [3.05, 3.63) is 61.1 Å². The van der Waals surface area contributed by atoms with E-state index in [1.54, 1.807) is 18.7 Å². The van der Waals surface area contributed by atoms with Crippen LogP contribution in [0.4, 0.5) is 13.2 Å². The number of amides is 1. The lowest BCUT2D eigenvalue weighted by Gasteiger charge is -2.35. The average Bonchev–Trinajstić information content (AvgIpc) is 3.04. The normalized spacial score (nSPS) is 19.1. The Balaban J connectivity index is 1.90. The summed E-state index contributed by atoms with van der Waals surface area (Å²) in [6, 6.07) is 4.11. The Bertz CT molecular complexity index is 1380. The molecule has 1 aliphatic rings. The minimum absolute atomic E-state index is 0.184. The van der Waals surface area contributed by atoms with Crippen LogP contribution < -0.4 is 11.2 Å². The summed E-state index contributed by atoms with van der Waals surface area (Å²) in [4.78, 5) is 43.0. The predicted molar refractivity (Wildman–Crippen MR) is 126 cm³/mol. The van der Waals surface area contributed by atoms with Gasteiger partial charge in [-0.2, -0.15) is 13.2 Å². The van der Waals surface area contributed by atoms with Crippen molar-refractivity contribution >= 4 is 27.5 Å². The van der Waals surface area contributed by atoms with Crippen LogP contribution in [-0.2, 0) is 17.5 Å². The number of benzene rings is 1. The zero-order valence-corrected chi connectivity index (χ0v) is 20.2. The van der Waals surface area contributed by atoms with Crippen molar-refractivity contribution in [2.75, 3.05) is 13.1 Å². The first-order chi connectivity index (χ1) is 15.9. The molecule has 2 unspecified atom stereocenters. The summed E-state index contributed by atoms with van der Waals surface area (Å²) in [6.07, 6.45) is -3.62. The van der Waals surface area contributed by atoms with Gasteiger partial charge in [0.25, 0.3) is 5.56 Å². The van der Waals surface area contributed by atoms with Crippen molar-refractivity contribution < 1.29 is 18.0 Å². The molecule has 3 aromatic rings. The number of carbonyl (C=O) groups is 1. The molecule has 34 heavy (non-hydrogen) atoms. The molecule has 0 N–H and O–H groups in total. The molecule has 0 saturated carbocycles. The monoisotopic (exact) mass is 493 g/mol. The summed E-state index contributed by atoms with van der Waals surface area (Å²) in [5, 5.41) is 0.243. The van der Waals surface area contributed by atoms with Gasteiger partial charge in [0.15, 0.2) is 0 Å². The summed E-state index contributed by atoms with van der Waals surface area (Å²) in [6.45, 7) is 8.55. The standard InChI is InChI=1S/C24H26F3N3O3S/c1-13-8-14(2)11-28(10-13)19(31)12-29-22-20(15(3)16(4)34-22)21(32)30(23(29)33)18-7-5-6-17(9-18)24(25,26)27/h5-7,9,13-14H,8,10-12H2,1-4H3. The summed E-state index contributed by atoms with van der Waals surface area (Å²) in [5.74, 6) is 0.407. The van der Waals surface area contributed by atoms with E-state index in [1.807, 2.05) is 0 Å². The van der Waals surface area contributed by atoms with Gasteiger partial charge in [0.1, 0.15) is 11.4 Å². The van der Waals surface area contributed by atoms with Gasteiger partial charge in [-0.3, -0.25) is 14.2 Å². The van der Waals surface area contributed by atoms with Crippen molar-refractivity contribution in [1.29, 1.82) is 0 Å². The third-order valence-corrected chi connectivity index (χ3v) is 7.63. The molecule has 1 fully saturated rings. The number of nitrogens with zero attached hydrogens (tertiary/aromatic N) is 3. The molecule has 1 amide bonds. The maximum Gasteiger partial charge on any atom is 0.416 e. The maximum absolute atomic E-state index is 13.5. The van der Waals surface area contributed by atoms with Gasteiger partial charge in [-0.15, -0.1) is 11.3 Å². The zero-order valence-electron chi connectivity index (χ0n) is 19.4. The molecule has 1 aliphatic heterocycles. The van der Waals surface area contributed by atoms with Gasteiger partial charge in [-0.1, -0.05) is 19.9 Å². The Morgan fingerprint density at radius 2 is 1.76 bits per heavy atom. The van der Waals surface area contributed by atoms with Crippen molar-refractivity contribution in [2.45, 2.75) is 46.8 Å². The highest BCUT2D eigenvalue weighted by atomic mass is 32.1. The number of aryl methyl sites for hydroxylation is 2. The number of thiophene rings is 1. The molecule has 10 heteroatoms. The fraction of sp³-hybridized carbons (Fsp3) is 0.458. The van der Waals surface area contributed by atoms with Crippen LogP contribution in [0, 0.1) is 25.7 Å². The van der Waals surface area contributed by atoms with Crippen molar-refractivity contribution in [3.63, 3.8) is 0 Å². The molecule has 2 atom stereocenters. The number of carbonyl (C=O) groups excluding carboxylic acids is 1. The number of piperidine rings is 1. The lowest BCUT2D eigenvalue weighted by molar-refractivity contribution is -0.137. The first-order valence-electron chi connectivity index (χ1n) is 11.1. The number of fused-ring (bicyclic) bond motifs is 1. The zero-order chi connectivity index (χ0) is 24.9. The van der Waals surface area contributed by atoms with Crippen LogP contribution in [0.2, 0.25) is 0 Å². The van der Waals surface area contributed by atoms with Crippen molar-refractivity contribution in [3.8, 4) is 5.69 Å². The first kappa shape index (κ1) is 24.3. The van der Waals surface area contributed by atoms with Gasteiger partial charge >= 0.3 is 11.9 Å². The number of aromatic nitrogens is 2. The molecule has 0 bridgehead atoms. The number of likely N-dealkylation sites (tertiary alicyclic amines) is 1. The Morgan fingerprint density at radius 3 is 2.38 bits per heavy atom. The number of hydrogen-bond acceptors (Lipinski definition) is 4. The average molecular weight is 494 g/mol. The second kappa shape index (κ2) is 8.72. The van der Waals surface area contributed by atoms with Crippen LogP contribution in [0.5, 0.6) is 0 Å². The van der Waals surface area contributed by atoms with E-state index in [0.717, 1.165) is 34.1 Å². The first-order valence-corrected chi connectivity index (χ1v) is 11.9. The number of halogens is 3. The molecule has 2 aromatic heterocycles.